The molecule has 1 aliphatic heterocycles. The summed E-state index contributed by atoms with van der Waals surface area (Å²) in [6, 6.07) is 38.1. The van der Waals surface area contributed by atoms with Gasteiger partial charge in [0.05, 0.1) is 34.7 Å². The van der Waals surface area contributed by atoms with Crippen molar-refractivity contribution in [2.24, 2.45) is 0 Å². The topological polar surface area (TPSA) is 153 Å². The van der Waals surface area contributed by atoms with Gasteiger partial charge in [-0.15, -0.1) is 0 Å². The molecule has 3 heterocycles. The van der Waals surface area contributed by atoms with Crippen LogP contribution < -0.4 is 9.80 Å². The predicted molar refractivity (Wildman–Crippen MR) is 180 cm³/mol. The van der Waals surface area contributed by atoms with E-state index in [1.165, 1.54) is 0 Å². The van der Waals surface area contributed by atoms with Crippen LogP contribution >= 0.6 is 0 Å². The molecule has 2 aromatic heterocycles. The van der Waals surface area contributed by atoms with Crippen LogP contribution in [0, 0.1) is 59.2 Å². The van der Waals surface area contributed by atoms with Gasteiger partial charge < -0.3 is 0 Å². The van der Waals surface area contributed by atoms with Crippen LogP contribution in [0.5, 0.6) is 0 Å². The Kier molecular flexibility index (Phi) is 7.23. The molecular formula is C38H22N10. The van der Waals surface area contributed by atoms with Crippen LogP contribution in [0.15, 0.2) is 97.1 Å². The number of nitrogens with zero attached hydrogens (tertiary/aromatic N) is 10. The van der Waals surface area contributed by atoms with Crippen molar-refractivity contribution >= 4 is 34.6 Å². The Morgan fingerprint density at radius 1 is 0.417 bits per heavy atom. The summed E-state index contributed by atoms with van der Waals surface area (Å²) in [6.45, 7) is 3.97. The summed E-state index contributed by atoms with van der Waals surface area (Å²) >= 11 is 0. The first kappa shape index (κ1) is 29.3. The van der Waals surface area contributed by atoms with Gasteiger partial charge in [-0.1, -0.05) is 59.7 Å². The average Bonchev–Trinajstić information content (AvgIpc) is 3.13. The molecule has 1 aliphatic rings. The molecule has 0 saturated heterocycles. The molecule has 0 unspecified atom stereocenters. The first-order chi connectivity index (χ1) is 23.4. The van der Waals surface area contributed by atoms with Gasteiger partial charge in [-0.3, -0.25) is 9.80 Å². The maximum Gasteiger partial charge on any atom is 0.184 e. The summed E-state index contributed by atoms with van der Waals surface area (Å²) in [7, 11) is 0. The smallest absolute Gasteiger partial charge is 0.184 e. The molecule has 0 aliphatic carbocycles. The van der Waals surface area contributed by atoms with Gasteiger partial charge in [-0.25, -0.2) is 19.9 Å². The highest BCUT2D eigenvalue weighted by molar-refractivity contribution is 5.98. The summed E-state index contributed by atoms with van der Waals surface area (Å²) in [5.41, 5.74) is 6.71. The molecule has 0 bridgehead atoms. The second-order valence-electron chi connectivity index (χ2n) is 11.1. The minimum absolute atomic E-state index is 0.116. The predicted octanol–water partition coefficient (Wildman–Crippen LogP) is 7.96. The Morgan fingerprint density at radius 2 is 0.750 bits per heavy atom. The molecule has 0 saturated carbocycles. The van der Waals surface area contributed by atoms with Gasteiger partial charge in [0.15, 0.2) is 34.7 Å². The SMILES string of the molecule is Cc1ccc(N2c3nc(C#N)c(C#N)nc3N(c3ccc(C)cc3)c3nc(-c4ccc(C#N)cc4)c(-c4ccc(C#N)cc4)nc32)cc1. The van der Waals surface area contributed by atoms with Crippen molar-refractivity contribution in [3.63, 3.8) is 0 Å². The summed E-state index contributed by atoms with van der Waals surface area (Å²) < 4.78 is 0. The van der Waals surface area contributed by atoms with Crippen LogP contribution in [0.4, 0.5) is 34.6 Å². The van der Waals surface area contributed by atoms with Gasteiger partial charge in [-0.2, -0.15) is 21.0 Å². The number of rotatable bonds is 4. The highest BCUT2D eigenvalue weighted by Gasteiger charge is 2.38. The summed E-state index contributed by atoms with van der Waals surface area (Å²) in [6.07, 6.45) is 0. The van der Waals surface area contributed by atoms with Crippen LogP contribution in [0.3, 0.4) is 0 Å². The molecule has 48 heavy (non-hydrogen) atoms. The second kappa shape index (κ2) is 11.8. The average molecular weight is 619 g/mol. The highest BCUT2D eigenvalue weighted by atomic mass is 15.4. The lowest BCUT2D eigenvalue weighted by atomic mass is 10.0. The fourth-order valence-corrected chi connectivity index (χ4v) is 5.48. The third-order valence-electron chi connectivity index (χ3n) is 7.94. The van der Waals surface area contributed by atoms with Crippen molar-refractivity contribution in [2.45, 2.75) is 13.8 Å². The van der Waals surface area contributed by atoms with E-state index in [1.807, 2.05) is 98.8 Å². The Hall–Kier alpha value is -7.40. The van der Waals surface area contributed by atoms with Gasteiger partial charge in [0.1, 0.15) is 12.1 Å². The van der Waals surface area contributed by atoms with E-state index in [4.69, 9.17) is 19.9 Å². The third-order valence-corrected chi connectivity index (χ3v) is 7.94. The van der Waals surface area contributed by atoms with E-state index in [1.54, 1.807) is 34.1 Å². The number of fused-ring (bicyclic) bond motifs is 2. The van der Waals surface area contributed by atoms with Gasteiger partial charge in [0.25, 0.3) is 0 Å². The number of anilines is 6. The molecule has 0 atom stereocenters. The molecular weight excluding hydrogens is 596 g/mol. The molecule has 0 fully saturated rings. The van der Waals surface area contributed by atoms with E-state index in [9.17, 15) is 21.0 Å². The van der Waals surface area contributed by atoms with E-state index in [-0.39, 0.29) is 11.4 Å². The molecule has 0 spiro atoms. The van der Waals surface area contributed by atoms with Gasteiger partial charge >= 0.3 is 0 Å². The van der Waals surface area contributed by atoms with Crippen molar-refractivity contribution in [2.75, 3.05) is 9.80 Å². The van der Waals surface area contributed by atoms with E-state index >= 15 is 0 Å². The zero-order valence-corrected chi connectivity index (χ0v) is 25.7. The summed E-state index contributed by atoms with van der Waals surface area (Å²) in [4.78, 5) is 23.6. The zero-order valence-electron chi connectivity index (χ0n) is 25.7. The van der Waals surface area contributed by atoms with E-state index in [2.05, 4.69) is 12.1 Å². The Balaban J connectivity index is 1.61. The van der Waals surface area contributed by atoms with Gasteiger partial charge in [0, 0.05) is 22.5 Å². The number of nitriles is 4. The van der Waals surface area contributed by atoms with Crippen molar-refractivity contribution in [1.29, 1.82) is 21.0 Å². The lowest BCUT2D eigenvalue weighted by molar-refractivity contribution is 0.979. The van der Waals surface area contributed by atoms with Crippen molar-refractivity contribution in [1.82, 2.24) is 19.9 Å². The van der Waals surface area contributed by atoms with Crippen LogP contribution in [0.1, 0.15) is 33.6 Å². The largest absolute Gasteiger partial charge is 0.273 e. The Morgan fingerprint density at radius 3 is 1.06 bits per heavy atom. The van der Waals surface area contributed by atoms with Crippen LogP contribution in [-0.2, 0) is 0 Å². The van der Waals surface area contributed by atoms with Crippen LogP contribution in [0.25, 0.3) is 22.5 Å². The Labute approximate surface area is 276 Å². The summed E-state index contributed by atoms with van der Waals surface area (Å²) in [5, 5.41) is 38.9. The Bertz CT molecular complexity index is 2220. The van der Waals surface area contributed by atoms with E-state index in [0.717, 1.165) is 11.1 Å². The third kappa shape index (κ3) is 4.99. The standard InChI is InChI=1S/C38H22N10/c1-23-3-15-29(16-4-23)47-35-36(44-32(22-42)31(21-41)43-35)48(30-17-5-24(2)6-18-30)38-37(47)45-33(27-11-7-25(19-39)8-12-27)34(46-38)28-13-9-26(20-40)10-14-28/h3-18H,1-2H3. The van der Waals surface area contributed by atoms with E-state index in [0.29, 0.717) is 68.3 Å². The molecule has 0 radical (unpaired) electrons. The van der Waals surface area contributed by atoms with Crippen molar-refractivity contribution in [3.05, 3.63) is 131 Å². The number of aryl methyl sites for hydroxylation is 2. The maximum absolute atomic E-state index is 9.98. The molecule has 4 aromatic carbocycles. The number of hydrogen-bond donors (Lipinski definition) is 0. The zero-order chi connectivity index (χ0) is 33.4. The molecule has 10 heteroatoms. The molecule has 6 aromatic rings. The van der Waals surface area contributed by atoms with Gasteiger partial charge in [-0.05, 0) is 62.4 Å². The minimum Gasteiger partial charge on any atom is -0.273 e. The monoisotopic (exact) mass is 618 g/mol. The van der Waals surface area contributed by atoms with Crippen molar-refractivity contribution in [3.8, 4) is 46.8 Å². The quantitative estimate of drug-likeness (QED) is 0.190. The minimum atomic E-state index is -0.116. The number of hydrogen-bond acceptors (Lipinski definition) is 10. The lowest BCUT2D eigenvalue weighted by Crippen LogP contribution is -2.29. The molecule has 10 nitrogen and oxygen atoms in total. The molecule has 0 amide bonds. The fraction of sp³-hybridized carbons (Fsp3) is 0.0526. The lowest BCUT2D eigenvalue weighted by Gasteiger charge is -2.37. The van der Waals surface area contributed by atoms with Crippen LogP contribution in [0.2, 0.25) is 0 Å². The fourth-order valence-electron chi connectivity index (χ4n) is 5.48. The highest BCUT2D eigenvalue weighted by Crippen LogP contribution is 2.52. The first-order valence-electron chi connectivity index (χ1n) is 14.8. The molecule has 224 valence electrons. The van der Waals surface area contributed by atoms with Crippen LogP contribution in [-0.4, -0.2) is 19.9 Å². The molecule has 0 N–H and O–H groups in total. The van der Waals surface area contributed by atoms with E-state index < -0.39 is 0 Å². The van der Waals surface area contributed by atoms with Crippen molar-refractivity contribution < 1.29 is 0 Å². The maximum atomic E-state index is 9.98. The first-order valence-corrected chi connectivity index (χ1v) is 14.8. The second-order valence-corrected chi connectivity index (χ2v) is 11.1. The normalized spacial score (nSPS) is 11.4. The van der Waals surface area contributed by atoms with Gasteiger partial charge in [0.2, 0.25) is 0 Å². The summed E-state index contributed by atoms with van der Waals surface area (Å²) in [5.74, 6) is 1.42. The number of benzene rings is 4. The number of aromatic nitrogens is 4. The molecule has 7 rings (SSSR count).